The number of ether oxygens (including phenoxy) is 1. The van der Waals surface area contributed by atoms with E-state index in [2.05, 4.69) is 15.0 Å². The Labute approximate surface area is 125 Å². The van der Waals surface area contributed by atoms with Gasteiger partial charge in [0.05, 0.1) is 12.8 Å². The van der Waals surface area contributed by atoms with Crippen molar-refractivity contribution in [2.24, 2.45) is 0 Å². The van der Waals surface area contributed by atoms with Gasteiger partial charge in [0.2, 0.25) is 5.91 Å². The molecule has 0 saturated carbocycles. The fourth-order valence-electron chi connectivity index (χ4n) is 2.19. The minimum Gasteiger partial charge on any atom is -0.464 e. The predicted octanol–water partition coefficient (Wildman–Crippen LogP) is 1.28. The van der Waals surface area contributed by atoms with Crippen molar-refractivity contribution < 1.29 is 14.3 Å². The van der Waals surface area contributed by atoms with Gasteiger partial charge in [-0.05, 0) is 19.3 Å². The first-order valence-corrected chi connectivity index (χ1v) is 7.37. The second kappa shape index (κ2) is 8.39. The van der Waals surface area contributed by atoms with Gasteiger partial charge in [0.1, 0.15) is 6.54 Å². The summed E-state index contributed by atoms with van der Waals surface area (Å²) in [6.45, 7) is 7.53. The molecule has 0 bridgehead atoms. The lowest BCUT2D eigenvalue weighted by atomic mass is 10.2. The maximum Gasteiger partial charge on any atom is 0.360 e. The van der Waals surface area contributed by atoms with E-state index in [0.717, 1.165) is 25.9 Å². The summed E-state index contributed by atoms with van der Waals surface area (Å²) in [4.78, 5) is 25.7. The van der Waals surface area contributed by atoms with Crippen LogP contribution in [0.2, 0.25) is 0 Å². The number of nitrogens with zero attached hydrogens (tertiary/aromatic N) is 4. The molecule has 0 aliphatic heterocycles. The number of esters is 1. The summed E-state index contributed by atoms with van der Waals surface area (Å²) >= 11 is 0. The van der Waals surface area contributed by atoms with Crippen LogP contribution >= 0.6 is 0 Å². The average molecular weight is 296 g/mol. The third-order valence-corrected chi connectivity index (χ3v) is 3.18. The zero-order valence-electron chi connectivity index (χ0n) is 13.3. The Morgan fingerprint density at radius 1 is 1.19 bits per heavy atom. The number of rotatable bonds is 8. The first-order valence-electron chi connectivity index (χ1n) is 7.37. The smallest absolute Gasteiger partial charge is 0.360 e. The molecule has 1 aromatic rings. The Balaban J connectivity index is 2.89. The van der Waals surface area contributed by atoms with Gasteiger partial charge >= 0.3 is 5.97 Å². The summed E-state index contributed by atoms with van der Waals surface area (Å²) < 4.78 is 6.16. The van der Waals surface area contributed by atoms with E-state index in [1.165, 1.54) is 11.8 Å². The van der Waals surface area contributed by atoms with Gasteiger partial charge in [-0.25, -0.2) is 9.48 Å². The lowest BCUT2D eigenvalue weighted by Crippen LogP contribution is -2.35. The lowest BCUT2D eigenvalue weighted by Gasteiger charge is -2.21. The molecular formula is C14H24N4O3. The summed E-state index contributed by atoms with van der Waals surface area (Å²) in [5.41, 5.74) is 0.813. The molecule has 0 fully saturated rings. The van der Waals surface area contributed by atoms with Crippen LogP contribution in [0.5, 0.6) is 0 Å². The van der Waals surface area contributed by atoms with Crippen LogP contribution in [0, 0.1) is 0 Å². The predicted molar refractivity (Wildman–Crippen MR) is 77.9 cm³/mol. The number of aromatic nitrogens is 3. The lowest BCUT2D eigenvalue weighted by molar-refractivity contribution is -0.132. The maximum absolute atomic E-state index is 12.3. The number of hydrogen-bond acceptors (Lipinski definition) is 5. The summed E-state index contributed by atoms with van der Waals surface area (Å²) in [5, 5.41) is 7.75. The summed E-state index contributed by atoms with van der Waals surface area (Å²) in [5.74, 6) is -0.528. The van der Waals surface area contributed by atoms with Crippen molar-refractivity contribution >= 4 is 11.9 Å². The molecule has 7 nitrogen and oxygen atoms in total. The topological polar surface area (TPSA) is 77.3 Å². The highest BCUT2D eigenvalue weighted by atomic mass is 16.5. The monoisotopic (exact) mass is 296 g/mol. The highest BCUT2D eigenvalue weighted by Gasteiger charge is 2.21. The van der Waals surface area contributed by atoms with Crippen molar-refractivity contribution in [3.8, 4) is 0 Å². The minimum atomic E-state index is -0.524. The quantitative estimate of drug-likeness (QED) is 0.675. The molecule has 0 aromatic carbocycles. The molecule has 21 heavy (non-hydrogen) atoms. The Hall–Kier alpha value is -1.92. The van der Waals surface area contributed by atoms with Crippen LogP contribution in [0.3, 0.4) is 0 Å². The van der Waals surface area contributed by atoms with Crippen LogP contribution in [0.15, 0.2) is 0 Å². The molecule has 0 spiro atoms. The highest BCUT2D eigenvalue weighted by molar-refractivity contribution is 5.88. The third kappa shape index (κ3) is 4.27. The van der Waals surface area contributed by atoms with Crippen molar-refractivity contribution in [2.45, 2.75) is 46.6 Å². The maximum atomic E-state index is 12.3. The summed E-state index contributed by atoms with van der Waals surface area (Å²) in [7, 11) is 1.30. The Kier molecular flexibility index (Phi) is 6.84. The zero-order valence-corrected chi connectivity index (χ0v) is 13.3. The van der Waals surface area contributed by atoms with Crippen LogP contribution in [-0.2, 0) is 22.5 Å². The van der Waals surface area contributed by atoms with E-state index < -0.39 is 5.97 Å². The van der Waals surface area contributed by atoms with Crippen LogP contribution in [0.1, 0.15) is 49.8 Å². The number of carbonyl (C=O) groups is 2. The molecule has 0 radical (unpaired) electrons. The van der Waals surface area contributed by atoms with Crippen molar-refractivity contribution in [3.05, 3.63) is 11.4 Å². The molecule has 0 atom stereocenters. The number of hydrogen-bond donors (Lipinski definition) is 0. The van der Waals surface area contributed by atoms with Crippen LogP contribution in [-0.4, -0.2) is 52.0 Å². The van der Waals surface area contributed by atoms with Crippen molar-refractivity contribution in [1.82, 2.24) is 19.9 Å². The Morgan fingerprint density at radius 3 is 2.29 bits per heavy atom. The molecule has 1 aromatic heterocycles. The molecule has 1 amide bonds. The fourth-order valence-corrected chi connectivity index (χ4v) is 2.19. The molecule has 7 heteroatoms. The first-order chi connectivity index (χ1) is 10.1. The Morgan fingerprint density at radius 2 is 1.81 bits per heavy atom. The number of carbonyl (C=O) groups excluding carboxylic acids is 2. The SMILES string of the molecule is CCCN(CCC)C(=O)Cn1nnc(C(=O)OC)c1CC. The van der Waals surface area contributed by atoms with Gasteiger partial charge in [0.15, 0.2) is 5.69 Å². The molecule has 1 heterocycles. The van der Waals surface area contributed by atoms with Crippen molar-refractivity contribution in [2.75, 3.05) is 20.2 Å². The molecule has 118 valence electrons. The zero-order chi connectivity index (χ0) is 15.8. The summed E-state index contributed by atoms with van der Waals surface area (Å²) in [6.07, 6.45) is 2.39. The molecule has 0 aliphatic carbocycles. The van der Waals surface area contributed by atoms with Crippen LogP contribution in [0.25, 0.3) is 0 Å². The van der Waals surface area contributed by atoms with Gasteiger partial charge in [-0.1, -0.05) is 26.0 Å². The van der Waals surface area contributed by atoms with Crippen molar-refractivity contribution in [1.29, 1.82) is 0 Å². The van der Waals surface area contributed by atoms with Crippen LogP contribution in [0.4, 0.5) is 0 Å². The number of amides is 1. The van der Waals surface area contributed by atoms with E-state index in [-0.39, 0.29) is 18.1 Å². The number of methoxy groups -OCH3 is 1. The van der Waals surface area contributed by atoms with Crippen molar-refractivity contribution in [3.63, 3.8) is 0 Å². The molecule has 0 saturated heterocycles. The molecule has 1 rings (SSSR count). The van der Waals surface area contributed by atoms with Gasteiger partial charge in [-0.3, -0.25) is 4.79 Å². The minimum absolute atomic E-state index is 0.00489. The van der Waals surface area contributed by atoms with E-state index in [0.29, 0.717) is 12.1 Å². The van der Waals surface area contributed by atoms with E-state index in [9.17, 15) is 9.59 Å². The second-order valence-corrected chi connectivity index (χ2v) is 4.77. The molecule has 0 N–H and O–H groups in total. The first kappa shape index (κ1) is 17.1. The molecule has 0 aliphatic rings. The second-order valence-electron chi connectivity index (χ2n) is 4.77. The van der Waals surface area contributed by atoms with E-state index in [1.807, 2.05) is 25.7 Å². The molecule has 0 unspecified atom stereocenters. The fraction of sp³-hybridized carbons (Fsp3) is 0.714. The third-order valence-electron chi connectivity index (χ3n) is 3.18. The van der Waals surface area contributed by atoms with E-state index in [4.69, 9.17) is 0 Å². The van der Waals surface area contributed by atoms with Gasteiger partial charge in [-0.2, -0.15) is 0 Å². The normalized spacial score (nSPS) is 10.5. The standard InChI is InChI=1S/C14H24N4O3/c1-5-8-17(9-6-2)12(19)10-18-11(7-3)13(15-16-18)14(20)21-4/h5-10H2,1-4H3. The summed E-state index contributed by atoms with van der Waals surface area (Å²) in [6, 6.07) is 0. The van der Waals surface area contributed by atoms with Crippen LogP contribution < -0.4 is 0 Å². The largest absolute Gasteiger partial charge is 0.464 e. The van der Waals surface area contributed by atoms with Gasteiger partial charge < -0.3 is 9.64 Å². The van der Waals surface area contributed by atoms with E-state index in [1.54, 1.807) is 0 Å². The van der Waals surface area contributed by atoms with Gasteiger partial charge in [0.25, 0.3) is 0 Å². The Bertz CT molecular complexity index is 479. The average Bonchev–Trinajstić information content (AvgIpc) is 2.88. The van der Waals surface area contributed by atoms with Gasteiger partial charge in [-0.15, -0.1) is 5.10 Å². The molecular weight excluding hydrogens is 272 g/mol. The van der Waals surface area contributed by atoms with Gasteiger partial charge in [0, 0.05) is 13.1 Å². The highest BCUT2D eigenvalue weighted by Crippen LogP contribution is 2.09. The van der Waals surface area contributed by atoms with E-state index >= 15 is 0 Å².